The number of aryl methyl sites for hydroxylation is 1. The molecule has 4 rings (SSSR count). The topological polar surface area (TPSA) is 54.6 Å². The van der Waals surface area contributed by atoms with Crippen LogP contribution in [0.15, 0.2) is 22.7 Å². The second-order valence-corrected chi connectivity index (χ2v) is 8.63. The summed E-state index contributed by atoms with van der Waals surface area (Å²) in [6, 6.07) is 5.90. The molecule has 1 aromatic carbocycles. The van der Waals surface area contributed by atoms with Crippen molar-refractivity contribution in [3.05, 3.63) is 29.8 Å². The van der Waals surface area contributed by atoms with Crippen molar-refractivity contribution in [2.45, 2.75) is 71.1 Å². The molecule has 3 heterocycles. The first-order chi connectivity index (χ1) is 14.5. The van der Waals surface area contributed by atoms with Crippen molar-refractivity contribution in [1.82, 2.24) is 15.0 Å². The predicted molar refractivity (Wildman–Crippen MR) is 115 cm³/mol. The fraction of sp³-hybridized carbons (Fsp3) is 0.652. The van der Waals surface area contributed by atoms with E-state index >= 15 is 0 Å². The van der Waals surface area contributed by atoms with Crippen LogP contribution < -0.4 is 4.90 Å². The summed E-state index contributed by atoms with van der Waals surface area (Å²) < 4.78 is 26.1. The van der Waals surface area contributed by atoms with Crippen molar-refractivity contribution in [2.24, 2.45) is 0 Å². The number of piperidine rings is 2. The molecule has 0 bridgehead atoms. The van der Waals surface area contributed by atoms with Crippen molar-refractivity contribution in [3.8, 4) is 11.5 Å². The Bertz CT molecular complexity index is 826. The summed E-state index contributed by atoms with van der Waals surface area (Å²) in [6.45, 7) is 10.3. The zero-order valence-electron chi connectivity index (χ0n) is 18.3. The summed E-state index contributed by atoms with van der Waals surface area (Å²) in [5.74, 6) is 0.395. The molecule has 2 aromatic rings. The molecular weight excluding hydrogens is 383 g/mol. The van der Waals surface area contributed by atoms with Crippen molar-refractivity contribution in [2.75, 3.05) is 31.1 Å². The Morgan fingerprint density at radius 2 is 1.80 bits per heavy atom. The maximum Gasteiger partial charge on any atom is 0.260 e. The van der Waals surface area contributed by atoms with Crippen molar-refractivity contribution >= 4 is 5.69 Å². The van der Waals surface area contributed by atoms with E-state index in [2.05, 4.69) is 33.8 Å². The summed E-state index contributed by atoms with van der Waals surface area (Å²) in [5.41, 5.74) is 1.24. The van der Waals surface area contributed by atoms with Crippen molar-refractivity contribution in [1.29, 1.82) is 0 Å². The number of halogens is 1. The number of benzene rings is 1. The Hall–Kier alpha value is -1.99. The fourth-order valence-electron chi connectivity index (χ4n) is 4.51. The second kappa shape index (κ2) is 9.43. The number of rotatable bonds is 6. The normalized spacial score (nSPS) is 20.6. The highest BCUT2D eigenvalue weighted by molar-refractivity contribution is 5.60. The number of aromatic nitrogens is 2. The molecule has 0 N–H and O–H groups in total. The summed E-state index contributed by atoms with van der Waals surface area (Å²) in [7, 11) is 0. The van der Waals surface area contributed by atoms with Crippen LogP contribution in [0.2, 0.25) is 0 Å². The number of hydrogen-bond acceptors (Lipinski definition) is 6. The van der Waals surface area contributed by atoms with E-state index in [0.717, 1.165) is 57.5 Å². The lowest BCUT2D eigenvalue weighted by Crippen LogP contribution is -2.44. The molecule has 0 radical (unpaired) electrons. The number of hydrogen-bond donors (Lipinski definition) is 0. The minimum atomic E-state index is -0.331. The van der Waals surface area contributed by atoms with E-state index in [-0.39, 0.29) is 11.7 Å². The van der Waals surface area contributed by atoms with Gasteiger partial charge in [0.2, 0.25) is 0 Å². The van der Waals surface area contributed by atoms with Gasteiger partial charge in [0.15, 0.2) is 5.82 Å². The monoisotopic (exact) mass is 416 g/mol. The molecule has 2 aliphatic heterocycles. The van der Waals surface area contributed by atoms with Gasteiger partial charge in [0.25, 0.3) is 5.89 Å². The highest BCUT2D eigenvalue weighted by Crippen LogP contribution is 2.29. The lowest BCUT2D eigenvalue weighted by Gasteiger charge is -2.39. The Balaban J connectivity index is 1.27. The molecule has 0 spiro atoms. The predicted octanol–water partition coefficient (Wildman–Crippen LogP) is 4.43. The first-order valence-electron chi connectivity index (χ1n) is 11.3. The third-order valence-corrected chi connectivity index (χ3v) is 6.59. The van der Waals surface area contributed by atoms with E-state index in [4.69, 9.17) is 9.26 Å². The van der Waals surface area contributed by atoms with Gasteiger partial charge in [-0.3, -0.25) is 0 Å². The van der Waals surface area contributed by atoms with Gasteiger partial charge < -0.3 is 19.1 Å². The van der Waals surface area contributed by atoms with E-state index in [1.54, 1.807) is 19.1 Å². The number of anilines is 1. The van der Waals surface area contributed by atoms with Gasteiger partial charge in [-0.2, -0.15) is 4.98 Å². The maximum absolute atomic E-state index is 14.6. The van der Waals surface area contributed by atoms with E-state index in [1.165, 1.54) is 6.42 Å². The van der Waals surface area contributed by atoms with Crippen LogP contribution in [0.25, 0.3) is 11.5 Å². The molecule has 0 aliphatic carbocycles. The minimum absolute atomic E-state index is 0.225. The van der Waals surface area contributed by atoms with Gasteiger partial charge in [-0.1, -0.05) is 12.1 Å². The number of likely N-dealkylation sites (tertiary alicyclic amines) is 1. The molecule has 1 atom stereocenters. The average molecular weight is 417 g/mol. The molecule has 7 heteroatoms. The quantitative estimate of drug-likeness (QED) is 0.694. The van der Waals surface area contributed by atoms with Gasteiger partial charge in [-0.25, -0.2) is 4.39 Å². The van der Waals surface area contributed by atoms with Gasteiger partial charge in [0, 0.05) is 37.9 Å². The van der Waals surface area contributed by atoms with Gasteiger partial charge in [-0.15, -0.1) is 0 Å². The fourth-order valence-corrected chi connectivity index (χ4v) is 4.51. The highest BCUT2D eigenvalue weighted by atomic mass is 19.1. The van der Waals surface area contributed by atoms with Crippen LogP contribution in [0.5, 0.6) is 0 Å². The summed E-state index contributed by atoms with van der Waals surface area (Å²) in [5, 5.41) is 3.74. The highest BCUT2D eigenvalue weighted by Gasteiger charge is 2.27. The molecule has 2 fully saturated rings. The summed E-state index contributed by atoms with van der Waals surface area (Å²) in [6.07, 6.45) is 6.14. The van der Waals surface area contributed by atoms with E-state index in [9.17, 15) is 4.39 Å². The van der Waals surface area contributed by atoms with E-state index in [1.807, 2.05) is 6.07 Å². The minimum Gasteiger partial charge on any atom is -0.375 e. The smallest absolute Gasteiger partial charge is 0.260 e. The zero-order valence-corrected chi connectivity index (χ0v) is 18.3. The summed E-state index contributed by atoms with van der Waals surface area (Å²) >= 11 is 0. The lowest BCUT2D eigenvalue weighted by molar-refractivity contribution is -0.0549. The van der Waals surface area contributed by atoms with Crippen LogP contribution in [0.1, 0.15) is 51.8 Å². The molecule has 6 nitrogen and oxygen atoms in total. The van der Waals surface area contributed by atoms with Gasteiger partial charge >= 0.3 is 0 Å². The Labute approximate surface area is 178 Å². The molecule has 0 saturated carbocycles. The standard InChI is InChI=1S/C23H33FN4O2/c1-4-16(2)27-11-7-19(8-12-27)29-20-9-13-28(14-10-20)18-5-6-21(22(24)15-18)23-25-17(3)26-30-23/h5-6,15-16,19-20H,4,7-14H2,1-3H3/t16-/m0/s1. The van der Waals surface area contributed by atoms with E-state index < -0.39 is 0 Å². The van der Waals surface area contributed by atoms with Crippen LogP contribution in [0, 0.1) is 12.7 Å². The second-order valence-electron chi connectivity index (χ2n) is 8.63. The Kier molecular flexibility index (Phi) is 6.68. The summed E-state index contributed by atoms with van der Waals surface area (Å²) in [4.78, 5) is 8.93. The first-order valence-corrected chi connectivity index (χ1v) is 11.3. The largest absolute Gasteiger partial charge is 0.375 e. The average Bonchev–Trinajstić information content (AvgIpc) is 3.20. The third-order valence-electron chi connectivity index (χ3n) is 6.59. The van der Waals surface area contributed by atoms with E-state index in [0.29, 0.717) is 29.6 Å². The molecule has 30 heavy (non-hydrogen) atoms. The Morgan fingerprint density at radius 3 is 2.37 bits per heavy atom. The third kappa shape index (κ3) is 4.83. The molecule has 2 aliphatic rings. The van der Waals surface area contributed by atoms with Crippen LogP contribution in [0.4, 0.5) is 10.1 Å². The van der Waals surface area contributed by atoms with Gasteiger partial charge in [-0.05, 0) is 64.2 Å². The van der Waals surface area contributed by atoms with Gasteiger partial charge in [0.1, 0.15) is 5.82 Å². The molecule has 0 amide bonds. The number of ether oxygens (including phenoxy) is 1. The van der Waals surface area contributed by atoms with Crippen LogP contribution in [-0.4, -0.2) is 59.5 Å². The van der Waals surface area contributed by atoms with Crippen LogP contribution in [-0.2, 0) is 4.74 Å². The molecular formula is C23H33FN4O2. The van der Waals surface area contributed by atoms with Gasteiger partial charge in [0.05, 0.1) is 17.8 Å². The van der Waals surface area contributed by atoms with Crippen LogP contribution >= 0.6 is 0 Å². The molecule has 1 aromatic heterocycles. The maximum atomic E-state index is 14.6. The lowest BCUT2D eigenvalue weighted by atomic mass is 10.0. The van der Waals surface area contributed by atoms with Crippen LogP contribution in [0.3, 0.4) is 0 Å². The SMILES string of the molecule is CC[C@H](C)N1CCC(OC2CCN(c3ccc(-c4nc(C)no4)c(F)c3)CC2)CC1. The Morgan fingerprint density at radius 1 is 1.13 bits per heavy atom. The molecule has 164 valence electrons. The number of nitrogens with zero attached hydrogens (tertiary/aromatic N) is 4. The molecule has 0 unspecified atom stereocenters. The zero-order chi connectivity index (χ0) is 21.1. The van der Waals surface area contributed by atoms with Crippen molar-refractivity contribution in [3.63, 3.8) is 0 Å². The molecule has 2 saturated heterocycles. The van der Waals surface area contributed by atoms with Crippen molar-refractivity contribution < 1.29 is 13.7 Å². The first kappa shape index (κ1) is 21.2.